The molecule has 0 spiro atoms. The molecule has 136 valence electrons. The van der Waals surface area contributed by atoms with Gasteiger partial charge in [0.25, 0.3) is 11.5 Å². The Balaban J connectivity index is 1.76. The lowest BCUT2D eigenvalue weighted by Gasteiger charge is -2.19. The van der Waals surface area contributed by atoms with E-state index in [1.165, 1.54) is 28.0 Å². The van der Waals surface area contributed by atoms with Gasteiger partial charge in [-0.2, -0.15) is 0 Å². The number of imidazole rings is 1. The minimum absolute atomic E-state index is 0.124. The molecular formula is C18H14FN5O2S. The smallest absolute Gasteiger partial charge is 0.271 e. The molecule has 0 radical (unpaired) electrons. The first-order valence-corrected chi connectivity index (χ1v) is 8.91. The zero-order valence-corrected chi connectivity index (χ0v) is 15.0. The zero-order valence-electron chi connectivity index (χ0n) is 14.2. The Morgan fingerprint density at radius 1 is 1.26 bits per heavy atom. The van der Waals surface area contributed by atoms with Crippen LogP contribution in [0.4, 0.5) is 4.39 Å². The molecule has 1 amide bonds. The van der Waals surface area contributed by atoms with Crippen LogP contribution in [-0.2, 0) is 7.05 Å². The number of thiazole rings is 1. The van der Waals surface area contributed by atoms with Crippen LogP contribution in [0, 0.1) is 5.82 Å². The average Bonchev–Trinajstić information content (AvgIpc) is 3.30. The van der Waals surface area contributed by atoms with E-state index in [-0.39, 0.29) is 11.1 Å². The van der Waals surface area contributed by atoms with E-state index < -0.39 is 23.3 Å². The molecule has 1 N–H and O–H groups in total. The van der Waals surface area contributed by atoms with Crippen molar-refractivity contribution in [3.63, 3.8) is 0 Å². The van der Waals surface area contributed by atoms with E-state index in [0.717, 1.165) is 0 Å². The molecule has 0 aliphatic heterocycles. The summed E-state index contributed by atoms with van der Waals surface area (Å²) in [6, 6.07) is 5.26. The summed E-state index contributed by atoms with van der Waals surface area (Å²) in [4.78, 5) is 34.2. The molecule has 0 unspecified atom stereocenters. The number of fused-ring (bicyclic) bond motifs is 1. The quantitative estimate of drug-likeness (QED) is 0.586. The Bertz CT molecular complexity index is 1200. The Kier molecular flexibility index (Phi) is 4.28. The maximum atomic E-state index is 14.4. The third kappa shape index (κ3) is 3.02. The van der Waals surface area contributed by atoms with Crippen LogP contribution in [-0.4, -0.2) is 24.8 Å². The Morgan fingerprint density at radius 2 is 2.07 bits per heavy atom. The predicted molar refractivity (Wildman–Crippen MR) is 98.3 cm³/mol. The fourth-order valence-electron chi connectivity index (χ4n) is 2.84. The highest BCUT2D eigenvalue weighted by Crippen LogP contribution is 2.23. The second-order valence-electron chi connectivity index (χ2n) is 5.86. The van der Waals surface area contributed by atoms with Crippen molar-refractivity contribution in [2.24, 2.45) is 7.05 Å². The van der Waals surface area contributed by atoms with Gasteiger partial charge in [-0.1, -0.05) is 18.2 Å². The highest BCUT2D eigenvalue weighted by molar-refractivity contribution is 7.15. The van der Waals surface area contributed by atoms with Crippen molar-refractivity contribution in [1.82, 2.24) is 24.3 Å². The van der Waals surface area contributed by atoms with Crippen molar-refractivity contribution in [2.75, 3.05) is 0 Å². The van der Waals surface area contributed by atoms with Gasteiger partial charge in [-0.25, -0.2) is 14.4 Å². The van der Waals surface area contributed by atoms with Gasteiger partial charge in [0.05, 0.1) is 0 Å². The second kappa shape index (κ2) is 6.76. The van der Waals surface area contributed by atoms with Crippen molar-refractivity contribution in [3.8, 4) is 0 Å². The molecular weight excluding hydrogens is 369 g/mol. The molecule has 3 heterocycles. The molecule has 0 fully saturated rings. The number of carbonyl (C=O) groups excluding carboxylic acids is 1. The molecule has 0 aliphatic rings. The van der Waals surface area contributed by atoms with E-state index in [1.807, 2.05) is 0 Å². The topological polar surface area (TPSA) is 81.3 Å². The van der Waals surface area contributed by atoms with Gasteiger partial charge in [0.1, 0.15) is 23.2 Å². The molecule has 0 bridgehead atoms. The molecule has 0 aliphatic carbocycles. The minimum atomic E-state index is -0.860. The van der Waals surface area contributed by atoms with Crippen molar-refractivity contribution in [2.45, 2.75) is 6.04 Å². The molecule has 4 aromatic rings. The summed E-state index contributed by atoms with van der Waals surface area (Å²) in [6.07, 6.45) is 6.05. The summed E-state index contributed by atoms with van der Waals surface area (Å²) in [6.45, 7) is 0. The summed E-state index contributed by atoms with van der Waals surface area (Å²) >= 11 is 1.29. The molecule has 1 aromatic carbocycles. The number of benzene rings is 1. The number of aryl methyl sites for hydroxylation is 1. The number of amides is 1. The summed E-state index contributed by atoms with van der Waals surface area (Å²) in [7, 11) is 1.75. The molecule has 1 atom stereocenters. The van der Waals surface area contributed by atoms with Gasteiger partial charge < -0.3 is 9.88 Å². The number of hydrogen-bond acceptors (Lipinski definition) is 5. The van der Waals surface area contributed by atoms with Gasteiger partial charge in [0, 0.05) is 42.8 Å². The maximum absolute atomic E-state index is 14.4. The first-order valence-electron chi connectivity index (χ1n) is 8.03. The molecule has 27 heavy (non-hydrogen) atoms. The SMILES string of the molecule is Cn1ccnc1[C@H](NC(=O)c1cnc2sccn2c1=O)c1ccccc1F. The third-order valence-electron chi connectivity index (χ3n) is 4.20. The lowest BCUT2D eigenvalue weighted by molar-refractivity contribution is 0.0938. The lowest BCUT2D eigenvalue weighted by atomic mass is 10.0. The molecule has 0 saturated carbocycles. The fraction of sp³-hybridized carbons (Fsp3) is 0.111. The van der Waals surface area contributed by atoms with E-state index in [4.69, 9.17) is 0 Å². The van der Waals surface area contributed by atoms with E-state index in [1.54, 1.807) is 53.8 Å². The number of carbonyl (C=O) groups is 1. The van der Waals surface area contributed by atoms with Gasteiger partial charge in [0.2, 0.25) is 0 Å². The van der Waals surface area contributed by atoms with Gasteiger partial charge >= 0.3 is 0 Å². The van der Waals surface area contributed by atoms with Crippen LogP contribution in [0.25, 0.3) is 4.96 Å². The second-order valence-corrected chi connectivity index (χ2v) is 6.73. The Hall–Kier alpha value is -3.33. The lowest BCUT2D eigenvalue weighted by Crippen LogP contribution is -2.35. The van der Waals surface area contributed by atoms with Crippen LogP contribution in [0.5, 0.6) is 0 Å². The van der Waals surface area contributed by atoms with Crippen molar-refractivity contribution in [1.29, 1.82) is 0 Å². The average molecular weight is 383 g/mol. The van der Waals surface area contributed by atoms with Gasteiger partial charge in [-0.05, 0) is 6.07 Å². The monoisotopic (exact) mass is 383 g/mol. The van der Waals surface area contributed by atoms with E-state index in [9.17, 15) is 14.0 Å². The summed E-state index contributed by atoms with van der Waals surface area (Å²) < 4.78 is 17.4. The highest BCUT2D eigenvalue weighted by atomic mass is 32.1. The van der Waals surface area contributed by atoms with Crippen LogP contribution in [0.15, 0.2) is 59.2 Å². The van der Waals surface area contributed by atoms with Crippen LogP contribution < -0.4 is 10.9 Å². The van der Waals surface area contributed by atoms with Gasteiger partial charge in [0.15, 0.2) is 4.96 Å². The largest absolute Gasteiger partial charge is 0.338 e. The maximum Gasteiger partial charge on any atom is 0.271 e. The van der Waals surface area contributed by atoms with Crippen LogP contribution in [0.3, 0.4) is 0 Å². The molecule has 7 nitrogen and oxygen atoms in total. The van der Waals surface area contributed by atoms with Crippen LogP contribution >= 0.6 is 11.3 Å². The summed E-state index contributed by atoms with van der Waals surface area (Å²) in [5, 5.41) is 4.43. The van der Waals surface area contributed by atoms with Gasteiger partial charge in [-0.3, -0.25) is 14.0 Å². The highest BCUT2D eigenvalue weighted by Gasteiger charge is 2.25. The molecule has 4 rings (SSSR count). The Morgan fingerprint density at radius 3 is 2.81 bits per heavy atom. The number of hydrogen-bond donors (Lipinski definition) is 1. The first-order chi connectivity index (χ1) is 13.1. The summed E-state index contributed by atoms with van der Waals surface area (Å²) in [5.41, 5.74) is -0.350. The van der Waals surface area contributed by atoms with E-state index in [0.29, 0.717) is 10.8 Å². The van der Waals surface area contributed by atoms with Crippen molar-refractivity contribution >= 4 is 22.2 Å². The normalized spacial score (nSPS) is 12.2. The fourth-order valence-corrected chi connectivity index (χ4v) is 3.51. The van der Waals surface area contributed by atoms with E-state index in [2.05, 4.69) is 15.3 Å². The predicted octanol–water partition coefficient (Wildman–Crippen LogP) is 2.15. The number of aromatic nitrogens is 4. The van der Waals surface area contributed by atoms with Crippen LogP contribution in [0.1, 0.15) is 27.8 Å². The third-order valence-corrected chi connectivity index (χ3v) is 4.97. The number of rotatable bonds is 4. The van der Waals surface area contributed by atoms with Crippen molar-refractivity contribution < 1.29 is 9.18 Å². The van der Waals surface area contributed by atoms with Crippen molar-refractivity contribution in [3.05, 3.63) is 87.6 Å². The molecule has 9 heteroatoms. The Labute approximate surface area is 156 Å². The first kappa shape index (κ1) is 17.1. The molecule has 0 saturated heterocycles. The number of halogens is 1. The summed E-state index contributed by atoms with van der Waals surface area (Å²) in [5.74, 6) is -0.684. The van der Waals surface area contributed by atoms with Crippen LogP contribution in [0.2, 0.25) is 0 Å². The van der Waals surface area contributed by atoms with Gasteiger partial charge in [-0.15, -0.1) is 11.3 Å². The number of nitrogens with one attached hydrogen (secondary N) is 1. The van der Waals surface area contributed by atoms with E-state index >= 15 is 0 Å². The number of nitrogens with zero attached hydrogens (tertiary/aromatic N) is 4. The standard InChI is InChI=1S/C18H14FN5O2S/c1-23-7-6-20-15(23)14(11-4-2-3-5-13(11)19)22-16(25)12-10-21-18-24(17(12)26)8-9-27-18/h2-10,14H,1H3,(H,22,25)/t14-/m1/s1. The minimum Gasteiger partial charge on any atom is -0.338 e. The molecule has 3 aromatic heterocycles. The zero-order chi connectivity index (χ0) is 19.0.